The van der Waals surface area contributed by atoms with Gasteiger partial charge in [0, 0.05) is 7.05 Å². The molecule has 0 atom stereocenters. The molecule has 4 heteroatoms. The van der Waals surface area contributed by atoms with Gasteiger partial charge < -0.3 is 5.32 Å². The summed E-state index contributed by atoms with van der Waals surface area (Å²) in [5.74, 6) is 0.718. The quantitative estimate of drug-likeness (QED) is 0.717. The maximum Gasteiger partial charge on any atom is 0.156 e. The molecular weight excluding hydrogens is 174 g/mol. The number of nitrogens with zero attached hydrogens (tertiary/aromatic N) is 2. The van der Waals surface area contributed by atoms with Crippen LogP contribution in [0, 0.1) is 6.92 Å². The van der Waals surface area contributed by atoms with E-state index in [-0.39, 0.29) is 0 Å². The highest BCUT2D eigenvalue weighted by Gasteiger charge is 2.07. The van der Waals surface area contributed by atoms with Crippen LogP contribution < -0.4 is 5.32 Å². The van der Waals surface area contributed by atoms with Crippen LogP contribution >= 0.6 is 11.6 Å². The highest BCUT2D eigenvalue weighted by atomic mass is 35.5. The number of rotatable bonds is 2. The van der Waals surface area contributed by atoms with Crippen molar-refractivity contribution in [2.24, 2.45) is 0 Å². The van der Waals surface area contributed by atoms with Gasteiger partial charge in [-0.25, -0.2) is 9.97 Å². The van der Waals surface area contributed by atoms with E-state index in [0.29, 0.717) is 5.15 Å². The molecule has 0 unspecified atom stereocenters. The van der Waals surface area contributed by atoms with Crippen LogP contribution in [0.2, 0.25) is 5.15 Å². The van der Waals surface area contributed by atoms with Crippen molar-refractivity contribution >= 4 is 17.3 Å². The summed E-state index contributed by atoms with van der Waals surface area (Å²) in [5.41, 5.74) is 1.81. The molecule has 0 aliphatic heterocycles. The molecule has 0 aliphatic rings. The van der Waals surface area contributed by atoms with Crippen molar-refractivity contribution in [3.63, 3.8) is 0 Å². The highest BCUT2D eigenvalue weighted by molar-refractivity contribution is 6.32. The molecule has 0 bridgehead atoms. The van der Waals surface area contributed by atoms with Crippen LogP contribution in [0.3, 0.4) is 0 Å². The molecule has 12 heavy (non-hydrogen) atoms. The fourth-order valence-corrected chi connectivity index (χ4v) is 1.42. The molecule has 0 amide bonds. The minimum atomic E-state index is 0.502. The van der Waals surface area contributed by atoms with Gasteiger partial charge in [-0.3, -0.25) is 0 Å². The van der Waals surface area contributed by atoms with E-state index >= 15 is 0 Å². The molecule has 1 aromatic rings. The van der Waals surface area contributed by atoms with Crippen molar-refractivity contribution in [1.29, 1.82) is 0 Å². The number of halogens is 1. The Morgan fingerprint density at radius 1 is 1.42 bits per heavy atom. The first-order chi connectivity index (χ1) is 5.69. The van der Waals surface area contributed by atoms with Crippen molar-refractivity contribution in [3.8, 4) is 0 Å². The Morgan fingerprint density at radius 3 is 2.58 bits per heavy atom. The highest BCUT2D eigenvalue weighted by Crippen LogP contribution is 2.22. The normalized spacial score (nSPS) is 10.0. The molecule has 0 saturated carbocycles. The molecule has 0 aliphatic carbocycles. The summed E-state index contributed by atoms with van der Waals surface area (Å²) < 4.78 is 0. The van der Waals surface area contributed by atoms with E-state index in [9.17, 15) is 0 Å². The number of hydrogen-bond acceptors (Lipinski definition) is 3. The van der Waals surface area contributed by atoms with Crippen LogP contribution in [0.1, 0.15) is 18.4 Å². The summed E-state index contributed by atoms with van der Waals surface area (Å²) in [6, 6.07) is 0. The molecule has 0 spiro atoms. The molecule has 1 rings (SSSR count). The van der Waals surface area contributed by atoms with Gasteiger partial charge in [-0.05, 0) is 13.3 Å². The van der Waals surface area contributed by atoms with E-state index in [1.165, 1.54) is 0 Å². The topological polar surface area (TPSA) is 37.8 Å². The lowest BCUT2D eigenvalue weighted by Gasteiger charge is -2.08. The van der Waals surface area contributed by atoms with Gasteiger partial charge in [0.25, 0.3) is 0 Å². The molecule has 1 N–H and O–H groups in total. The molecule has 3 nitrogen and oxygen atoms in total. The maximum absolute atomic E-state index is 5.90. The molecule has 0 aromatic carbocycles. The molecule has 0 radical (unpaired) electrons. The second-order valence-corrected chi connectivity index (χ2v) is 2.84. The van der Waals surface area contributed by atoms with E-state index in [1.54, 1.807) is 0 Å². The van der Waals surface area contributed by atoms with Crippen molar-refractivity contribution < 1.29 is 0 Å². The lowest BCUT2D eigenvalue weighted by Crippen LogP contribution is -2.02. The van der Waals surface area contributed by atoms with Crippen LogP contribution in [0.25, 0.3) is 0 Å². The van der Waals surface area contributed by atoms with Crippen molar-refractivity contribution in [3.05, 3.63) is 16.7 Å². The van der Waals surface area contributed by atoms with Crippen molar-refractivity contribution in [2.45, 2.75) is 20.3 Å². The lowest BCUT2D eigenvalue weighted by molar-refractivity contribution is 0.951. The zero-order valence-corrected chi connectivity index (χ0v) is 8.24. The third kappa shape index (κ3) is 1.67. The second-order valence-electron chi connectivity index (χ2n) is 2.49. The Balaban J connectivity index is 3.24. The first kappa shape index (κ1) is 9.26. The zero-order valence-electron chi connectivity index (χ0n) is 7.48. The Kier molecular flexibility index (Phi) is 2.87. The zero-order chi connectivity index (χ0) is 9.14. The number of anilines is 1. The van der Waals surface area contributed by atoms with E-state index in [2.05, 4.69) is 15.3 Å². The van der Waals surface area contributed by atoms with Crippen LogP contribution in [0.15, 0.2) is 0 Å². The summed E-state index contributed by atoms with van der Waals surface area (Å²) in [4.78, 5) is 8.31. The first-order valence-electron chi connectivity index (χ1n) is 3.89. The third-order valence-corrected chi connectivity index (χ3v) is 1.91. The standard InChI is InChI=1S/C8H12ClN3/c1-4-6-7(10-3)8(9)12-5(2)11-6/h10H,4H2,1-3H3. The predicted octanol–water partition coefficient (Wildman–Crippen LogP) is 2.04. The SMILES string of the molecule is CCc1nc(C)nc(Cl)c1NC. The minimum absolute atomic E-state index is 0.502. The summed E-state index contributed by atoms with van der Waals surface area (Å²) in [6.45, 7) is 3.88. The van der Waals surface area contributed by atoms with E-state index in [1.807, 2.05) is 20.9 Å². The molecule has 0 saturated heterocycles. The summed E-state index contributed by atoms with van der Waals surface area (Å²) >= 11 is 5.90. The van der Waals surface area contributed by atoms with Gasteiger partial charge in [-0.2, -0.15) is 0 Å². The van der Waals surface area contributed by atoms with E-state index in [0.717, 1.165) is 23.6 Å². The smallest absolute Gasteiger partial charge is 0.156 e. The van der Waals surface area contributed by atoms with E-state index < -0.39 is 0 Å². The van der Waals surface area contributed by atoms with Crippen molar-refractivity contribution in [2.75, 3.05) is 12.4 Å². The fraction of sp³-hybridized carbons (Fsp3) is 0.500. The van der Waals surface area contributed by atoms with Gasteiger partial charge in [-0.1, -0.05) is 18.5 Å². The monoisotopic (exact) mass is 185 g/mol. The number of hydrogen-bond donors (Lipinski definition) is 1. The van der Waals surface area contributed by atoms with Crippen molar-refractivity contribution in [1.82, 2.24) is 9.97 Å². The molecular formula is C8H12ClN3. The first-order valence-corrected chi connectivity index (χ1v) is 4.27. The van der Waals surface area contributed by atoms with Gasteiger partial charge in [0.15, 0.2) is 5.15 Å². The van der Waals surface area contributed by atoms with Crippen LogP contribution in [-0.2, 0) is 6.42 Å². The average molecular weight is 186 g/mol. The van der Waals surface area contributed by atoms with Crippen LogP contribution in [-0.4, -0.2) is 17.0 Å². The number of aromatic nitrogens is 2. The Morgan fingerprint density at radius 2 is 2.08 bits per heavy atom. The Bertz CT molecular complexity index is 286. The lowest BCUT2D eigenvalue weighted by atomic mass is 10.3. The molecule has 1 heterocycles. The van der Waals surface area contributed by atoms with E-state index in [4.69, 9.17) is 11.6 Å². The molecule has 66 valence electrons. The van der Waals surface area contributed by atoms with Crippen LogP contribution in [0.4, 0.5) is 5.69 Å². The Hall–Kier alpha value is -0.830. The number of nitrogens with one attached hydrogen (secondary N) is 1. The predicted molar refractivity (Wildman–Crippen MR) is 50.7 cm³/mol. The van der Waals surface area contributed by atoms with Gasteiger partial charge in [0.2, 0.25) is 0 Å². The van der Waals surface area contributed by atoms with Gasteiger partial charge in [0.1, 0.15) is 5.82 Å². The minimum Gasteiger partial charge on any atom is -0.384 e. The van der Waals surface area contributed by atoms with Crippen LogP contribution in [0.5, 0.6) is 0 Å². The second kappa shape index (κ2) is 3.72. The average Bonchev–Trinajstić information content (AvgIpc) is 2.03. The molecule has 1 aromatic heterocycles. The third-order valence-electron chi connectivity index (χ3n) is 1.64. The summed E-state index contributed by atoms with van der Waals surface area (Å²) in [6.07, 6.45) is 0.860. The molecule has 0 fully saturated rings. The van der Waals surface area contributed by atoms with Gasteiger partial charge in [-0.15, -0.1) is 0 Å². The largest absolute Gasteiger partial charge is 0.384 e. The van der Waals surface area contributed by atoms with Gasteiger partial charge >= 0.3 is 0 Å². The summed E-state index contributed by atoms with van der Waals surface area (Å²) in [7, 11) is 1.82. The Labute approximate surface area is 77.2 Å². The van der Waals surface area contributed by atoms with Gasteiger partial charge in [0.05, 0.1) is 11.4 Å². The fourth-order valence-electron chi connectivity index (χ4n) is 1.10. The summed E-state index contributed by atoms with van der Waals surface area (Å²) in [5, 5.41) is 3.49. The maximum atomic E-state index is 5.90. The number of aryl methyl sites for hydroxylation is 2.